The van der Waals surface area contributed by atoms with Crippen molar-refractivity contribution in [1.82, 2.24) is 4.57 Å². The molecule has 0 aliphatic rings. The molecule has 0 rings (SSSR count). The van der Waals surface area contributed by atoms with E-state index in [2.05, 4.69) is 108 Å². The Kier molecular flexibility index (Phi) is 5.66. The lowest BCUT2D eigenvalue weighted by Gasteiger charge is -2.70. The van der Waals surface area contributed by atoms with Crippen molar-refractivity contribution >= 4 is 8.24 Å². The van der Waals surface area contributed by atoms with Gasteiger partial charge < -0.3 is 4.57 Å². The fourth-order valence-electron chi connectivity index (χ4n) is 6.39. The summed E-state index contributed by atoms with van der Waals surface area (Å²) in [6.07, 6.45) is 0. The van der Waals surface area contributed by atoms with Gasteiger partial charge in [0.15, 0.2) is 0 Å². The van der Waals surface area contributed by atoms with Crippen LogP contribution in [0.4, 0.5) is 0 Å². The summed E-state index contributed by atoms with van der Waals surface area (Å²) in [6, 6.07) is 0. The summed E-state index contributed by atoms with van der Waals surface area (Å²) >= 11 is 0. The van der Waals surface area contributed by atoms with Gasteiger partial charge in [-0.25, -0.2) is 0 Å². The van der Waals surface area contributed by atoms with Crippen LogP contribution >= 0.6 is 0 Å². The fraction of sp³-hybridized carbons (Fsp3) is 1.00. The van der Waals surface area contributed by atoms with Crippen LogP contribution in [0.25, 0.3) is 0 Å². The van der Waals surface area contributed by atoms with Crippen LogP contribution in [-0.4, -0.2) is 23.9 Å². The maximum Gasteiger partial charge on any atom is 0.145 e. The van der Waals surface area contributed by atoms with Gasteiger partial charge in [-0.1, -0.05) is 62.3 Å². The first-order chi connectivity index (χ1) is 9.12. The van der Waals surface area contributed by atoms with Gasteiger partial charge in [-0.05, 0) is 56.7 Å². The topological polar surface area (TPSA) is 3.24 Å². The maximum atomic E-state index is 2.95. The van der Waals surface area contributed by atoms with E-state index in [1.807, 2.05) is 0 Å². The van der Waals surface area contributed by atoms with E-state index in [-0.39, 0.29) is 26.2 Å². The Bertz CT molecular complexity index is 324. The Hall–Kier alpha value is 0.177. The highest BCUT2D eigenvalue weighted by atomic mass is 28.3. The van der Waals surface area contributed by atoms with E-state index >= 15 is 0 Å². The highest BCUT2D eigenvalue weighted by molar-refractivity contribution is 6.85. The van der Waals surface area contributed by atoms with Crippen LogP contribution in [0, 0.1) is 0 Å². The quantitative estimate of drug-likeness (QED) is 0.459. The average Bonchev–Trinajstić information content (AvgIpc) is 2.02. The largest absolute Gasteiger partial charge is 0.313 e. The Morgan fingerprint density at radius 3 is 0.636 bits per heavy atom. The molecule has 0 amide bonds. The number of hydrogen-bond donors (Lipinski definition) is 0. The molecule has 0 aliphatic carbocycles. The molecule has 0 fully saturated rings. The minimum Gasteiger partial charge on any atom is -0.313 e. The zero-order chi connectivity index (χ0) is 18.6. The molecule has 0 aromatic rings. The number of hydrogen-bond acceptors (Lipinski definition) is 1. The van der Waals surface area contributed by atoms with E-state index in [4.69, 9.17) is 0 Å². The molecule has 1 nitrogen and oxygen atoms in total. The molecule has 0 unspecified atom stereocenters. The van der Waals surface area contributed by atoms with Crippen LogP contribution in [0.2, 0.25) is 15.1 Å². The van der Waals surface area contributed by atoms with E-state index in [1.165, 1.54) is 0 Å². The smallest absolute Gasteiger partial charge is 0.145 e. The molecule has 0 saturated heterocycles. The summed E-state index contributed by atoms with van der Waals surface area (Å²) < 4.78 is 2.95. The van der Waals surface area contributed by atoms with E-state index in [1.54, 1.807) is 0 Å². The molecule has 0 bridgehead atoms. The molecule has 0 radical (unpaired) electrons. The van der Waals surface area contributed by atoms with Crippen molar-refractivity contribution in [2.45, 2.75) is 130 Å². The summed E-state index contributed by atoms with van der Waals surface area (Å²) in [6.45, 7) is 36.8. The number of rotatable bonds is 1. The van der Waals surface area contributed by atoms with Crippen LogP contribution in [-0.2, 0) is 0 Å². The van der Waals surface area contributed by atoms with Crippen molar-refractivity contribution in [2.24, 2.45) is 0 Å². The van der Waals surface area contributed by atoms with Crippen LogP contribution < -0.4 is 0 Å². The zero-order valence-corrected chi connectivity index (χ0v) is 19.4. The SMILES string of the molecule is CC(C)(C)N(C(C)(C)C)[Si](C(C)(C)C)(C(C)(C)C)C(C)(C)C. The molecule has 0 atom stereocenters. The van der Waals surface area contributed by atoms with Crippen molar-refractivity contribution in [1.29, 1.82) is 0 Å². The molecule has 22 heavy (non-hydrogen) atoms. The third kappa shape index (κ3) is 3.64. The van der Waals surface area contributed by atoms with Gasteiger partial charge in [0.25, 0.3) is 0 Å². The summed E-state index contributed by atoms with van der Waals surface area (Å²) in [5.74, 6) is 0. The van der Waals surface area contributed by atoms with Crippen molar-refractivity contribution < 1.29 is 0 Å². The highest BCUT2D eigenvalue weighted by Crippen LogP contribution is 2.65. The molecule has 0 aromatic heterocycles. The second kappa shape index (κ2) is 5.62. The van der Waals surface area contributed by atoms with E-state index < -0.39 is 8.24 Å². The summed E-state index contributed by atoms with van der Waals surface area (Å²) in [5, 5.41) is 0.845. The summed E-state index contributed by atoms with van der Waals surface area (Å²) in [4.78, 5) is 0. The summed E-state index contributed by atoms with van der Waals surface area (Å²) in [5.41, 5.74) is 0.302. The van der Waals surface area contributed by atoms with Crippen LogP contribution in [0.5, 0.6) is 0 Å². The first kappa shape index (κ1) is 22.2. The second-order valence-electron chi connectivity index (χ2n) is 12.1. The van der Waals surface area contributed by atoms with Crippen LogP contribution in [0.3, 0.4) is 0 Å². The standard InChI is InChI=1S/C20H45NSi/c1-16(2,3)21(17(4,5)6)22(18(7,8)9,19(10,11)12)20(13,14)15/h1-15H3. The Labute approximate surface area is 143 Å². The third-order valence-electron chi connectivity index (χ3n) is 4.93. The number of nitrogens with zero attached hydrogens (tertiary/aromatic N) is 1. The lowest BCUT2D eigenvalue weighted by molar-refractivity contribution is 0.102. The van der Waals surface area contributed by atoms with Gasteiger partial charge in [-0.3, -0.25) is 0 Å². The van der Waals surface area contributed by atoms with Crippen LogP contribution in [0.1, 0.15) is 104 Å². The van der Waals surface area contributed by atoms with Crippen molar-refractivity contribution in [3.05, 3.63) is 0 Å². The second-order valence-corrected chi connectivity index (χ2v) is 18.5. The normalized spacial score (nSPS) is 16.4. The predicted molar refractivity (Wildman–Crippen MR) is 106 cm³/mol. The van der Waals surface area contributed by atoms with Crippen molar-refractivity contribution in [3.8, 4) is 0 Å². The average molecular weight is 328 g/mol. The fourth-order valence-corrected chi connectivity index (χ4v) is 17.2. The molecule has 134 valence electrons. The molecule has 0 saturated carbocycles. The molecule has 2 heteroatoms. The first-order valence-electron chi connectivity index (χ1n) is 8.92. The van der Waals surface area contributed by atoms with Gasteiger partial charge in [0.05, 0.1) is 0 Å². The predicted octanol–water partition coefficient (Wildman–Crippen LogP) is 7.23. The molecular weight excluding hydrogens is 282 g/mol. The molecule has 0 heterocycles. The van der Waals surface area contributed by atoms with Gasteiger partial charge in [0, 0.05) is 11.1 Å². The maximum absolute atomic E-state index is 2.95. The minimum absolute atomic E-state index is 0.151. The summed E-state index contributed by atoms with van der Waals surface area (Å²) in [7, 11) is -1.97. The minimum atomic E-state index is -1.97. The Morgan fingerprint density at radius 2 is 0.591 bits per heavy atom. The van der Waals surface area contributed by atoms with Gasteiger partial charge in [-0.15, -0.1) is 0 Å². The van der Waals surface area contributed by atoms with Gasteiger partial charge in [0.2, 0.25) is 0 Å². The molecule has 0 spiro atoms. The van der Waals surface area contributed by atoms with E-state index in [0.717, 1.165) is 0 Å². The van der Waals surface area contributed by atoms with Crippen molar-refractivity contribution in [2.75, 3.05) is 0 Å². The van der Waals surface area contributed by atoms with Crippen LogP contribution in [0.15, 0.2) is 0 Å². The third-order valence-corrected chi connectivity index (χ3v) is 13.5. The van der Waals surface area contributed by atoms with Gasteiger partial charge >= 0.3 is 0 Å². The van der Waals surface area contributed by atoms with E-state index in [0.29, 0.717) is 0 Å². The monoisotopic (exact) mass is 327 g/mol. The Balaban J connectivity index is 7.05. The molecule has 0 aliphatic heterocycles. The first-order valence-corrected chi connectivity index (χ1v) is 10.9. The lowest BCUT2D eigenvalue weighted by atomic mass is 10.0. The molecule has 0 N–H and O–H groups in total. The van der Waals surface area contributed by atoms with Gasteiger partial charge in [-0.2, -0.15) is 0 Å². The van der Waals surface area contributed by atoms with Gasteiger partial charge in [0.1, 0.15) is 8.24 Å². The lowest BCUT2D eigenvalue weighted by Crippen LogP contribution is -2.77. The van der Waals surface area contributed by atoms with Crippen molar-refractivity contribution in [3.63, 3.8) is 0 Å². The zero-order valence-electron chi connectivity index (χ0n) is 18.4. The molecular formula is C20H45NSi. The Morgan fingerprint density at radius 1 is 0.409 bits per heavy atom. The highest BCUT2D eigenvalue weighted by Gasteiger charge is 2.66. The van der Waals surface area contributed by atoms with E-state index in [9.17, 15) is 0 Å². The molecule has 0 aromatic carbocycles.